The van der Waals surface area contributed by atoms with Crippen molar-refractivity contribution < 1.29 is 14.2 Å². The summed E-state index contributed by atoms with van der Waals surface area (Å²) in [6, 6.07) is 14.6. The Bertz CT molecular complexity index is 1270. The molecular formula is C26H28FN5O2. The summed E-state index contributed by atoms with van der Waals surface area (Å²) < 4.78 is 21.7. The first-order valence-electron chi connectivity index (χ1n) is 11.6. The van der Waals surface area contributed by atoms with Gasteiger partial charge in [-0.3, -0.25) is 4.57 Å². The van der Waals surface area contributed by atoms with Gasteiger partial charge in [0.25, 0.3) is 0 Å². The van der Waals surface area contributed by atoms with Gasteiger partial charge in [0, 0.05) is 19.1 Å². The van der Waals surface area contributed by atoms with Crippen molar-refractivity contribution in [2.75, 3.05) is 19.0 Å². The molecule has 1 saturated carbocycles. The lowest BCUT2D eigenvalue weighted by Crippen LogP contribution is -2.21. The Morgan fingerprint density at radius 2 is 1.82 bits per heavy atom. The van der Waals surface area contributed by atoms with Crippen LogP contribution in [-0.2, 0) is 6.42 Å². The number of imidazole rings is 1. The van der Waals surface area contributed by atoms with Crippen molar-refractivity contribution >= 4 is 22.8 Å². The minimum atomic E-state index is -0.337. The fraction of sp³-hybridized carbons (Fsp3) is 0.346. The minimum absolute atomic E-state index is 0.158. The highest BCUT2D eigenvalue weighted by Gasteiger charge is 2.27. The van der Waals surface area contributed by atoms with Gasteiger partial charge in [-0.15, -0.1) is 0 Å². The summed E-state index contributed by atoms with van der Waals surface area (Å²) in [6.45, 7) is 0.214. The number of aromatic nitrogens is 4. The topological polar surface area (TPSA) is 85.1 Å². The number of aliphatic hydroxyl groups excluding tert-OH is 1. The van der Waals surface area contributed by atoms with Crippen molar-refractivity contribution in [3.8, 4) is 5.75 Å². The van der Waals surface area contributed by atoms with Crippen LogP contribution in [0.25, 0.3) is 11.2 Å². The molecule has 1 fully saturated rings. The second-order valence-electron chi connectivity index (χ2n) is 8.79. The van der Waals surface area contributed by atoms with Crippen LogP contribution in [0.15, 0.2) is 54.7 Å². The predicted octanol–water partition coefficient (Wildman–Crippen LogP) is 5.03. The number of para-hydroxylation sites is 1. The van der Waals surface area contributed by atoms with E-state index in [2.05, 4.69) is 14.9 Å². The molecule has 7 nitrogen and oxygen atoms in total. The van der Waals surface area contributed by atoms with E-state index in [9.17, 15) is 9.50 Å². The summed E-state index contributed by atoms with van der Waals surface area (Å²) in [6.07, 6.45) is 6.00. The van der Waals surface area contributed by atoms with Crippen molar-refractivity contribution in [2.24, 2.45) is 5.92 Å². The summed E-state index contributed by atoms with van der Waals surface area (Å²) in [5.41, 5.74) is 2.86. The molecule has 0 radical (unpaired) electrons. The van der Waals surface area contributed by atoms with Crippen LogP contribution in [0.2, 0.25) is 0 Å². The van der Waals surface area contributed by atoms with Gasteiger partial charge in [-0.2, -0.15) is 0 Å². The van der Waals surface area contributed by atoms with Gasteiger partial charge in [0.2, 0.25) is 5.95 Å². The second-order valence-corrected chi connectivity index (χ2v) is 8.79. The zero-order valence-electron chi connectivity index (χ0n) is 19.1. The third-order valence-corrected chi connectivity index (χ3v) is 6.56. The molecule has 4 aromatic rings. The molecule has 0 amide bonds. The molecule has 0 atom stereocenters. The van der Waals surface area contributed by atoms with Crippen LogP contribution >= 0.6 is 0 Å². The van der Waals surface area contributed by atoms with Gasteiger partial charge < -0.3 is 15.2 Å². The molecule has 1 aliphatic rings. The van der Waals surface area contributed by atoms with Crippen molar-refractivity contribution in [1.82, 2.24) is 19.5 Å². The number of ether oxygens (including phenoxy) is 1. The lowest BCUT2D eigenvalue weighted by Gasteiger charge is -2.29. The number of benzene rings is 2. The maximum absolute atomic E-state index is 14.4. The molecule has 1 aliphatic carbocycles. The molecular weight excluding hydrogens is 433 g/mol. The Morgan fingerprint density at radius 1 is 1.06 bits per heavy atom. The van der Waals surface area contributed by atoms with Gasteiger partial charge in [0.1, 0.15) is 22.9 Å². The summed E-state index contributed by atoms with van der Waals surface area (Å²) in [5.74, 6) is 2.05. The SMILES string of the molecule is COc1ccc(Cc2ncc3nc(Nc4ccccc4F)n(C4CCC(CO)CC4)c3n2)cc1. The van der Waals surface area contributed by atoms with Crippen LogP contribution in [0.1, 0.15) is 43.1 Å². The highest BCUT2D eigenvalue weighted by molar-refractivity contribution is 5.75. The van der Waals surface area contributed by atoms with E-state index in [1.165, 1.54) is 6.07 Å². The summed E-state index contributed by atoms with van der Waals surface area (Å²) in [7, 11) is 1.65. The number of nitrogens with one attached hydrogen (secondary N) is 1. The third-order valence-electron chi connectivity index (χ3n) is 6.56. The Balaban J connectivity index is 1.51. The lowest BCUT2D eigenvalue weighted by atomic mass is 9.86. The molecule has 2 N–H and O–H groups in total. The number of halogens is 1. The van der Waals surface area contributed by atoms with Gasteiger partial charge >= 0.3 is 0 Å². The zero-order valence-corrected chi connectivity index (χ0v) is 19.1. The number of hydrogen-bond acceptors (Lipinski definition) is 6. The van der Waals surface area contributed by atoms with Gasteiger partial charge in [-0.05, 0) is 61.4 Å². The van der Waals surface area contributed by atoms with Crippen LogP contribution < -0.4 is 10.1 Å². The highest BCUT2D eigenvalue weighted by Crippen LogP contribution is 2.37. The number of methoxy groups -OCH3 is 1. The first-order valence-corrected chi connectivity index (χ1v) is 11.6. The largest absolute Gasteiger partial charge is 0.497 e. The molecule has 5 rings (SSSR count). The van der Waals surface area contributed by atoms with Crippen LogP contribution in [0.3, 0.4) is 0 Å². The first kappa shape index (κ1) is 22.3. The smallest absolute Gasteiger partial charge is 0.210 e. The summed E-state index contributed by atoms with van der Waals surface area (Å²) in [4.78, 5) is 14.2. The molecule has 2 heterocycles. The molecule has 0 saturated heterocycles. The molecule has 2 aromatic carbocycles. The molecule has 0 unspecified atom stereocenters. The lowest BCUT2D eigenvalue weighted by molar-refractivity contribution is 0.170. The van der Waals surface area contributed by atoms with Crippen LogP contribution in [0, 0.1) is 11.7 Å². The zero-order chi connectivity index (χ0) is 23.5. The van der Waals surface area contributed by atoms with Crippen LogP contribution in [-0.4, -0.2) is 38.3 Å². The molecule has 0 aliphatic heterocycles. The molecule has 2 aromatic heterocycles. The van der Waals surface area contributed by atoms with Gasteiger partial charge in [-0.1, -0.05) is 24.3 Å². The molecule has 0 spiro atoms. The average molecular weight is 462 g/mol. The van der Waals surface area contributed by atoms with Crippen LogP contribution in [0.4, 0.5) is 16.0 Å². The Morgan fingerprint density at radius 3 is 2.53 bits per heavy atom. The maximum Gasteiger partial charge on any atom is 0.210 e. The molecule has 34 heavy (non-hydrogen) atoms. The van der Waals surface area contributed by atoms with E-state index < -0.39 is 0 Å². The van der Waals surface area contributed by atoms with E-state index >= 15 is 0 Å². The summed E-state index contributed by atoms with van der Waals surface area (Å²) >= 11 is 0. The Hall–Kier alpha value is -3.52. The van der Waals surface area contributed by atoms with Gasteiger partial charge in [0.15, 0.2) is 5.65 Å². The number of rotatable bonds is 7. The molecule has 0 bridgehead atoms. The Labute approximate surface area is 197 Å². The normalized spacial score (nSPS) is 18.2. The first-order chi connectivity index (χ1) is 16.6. The number of aliphatic hydroxyl groups is 1. The quantitative estimate of drug-likeness (QED) is 0.401. The Kier molecular flexibility index (Phi) is 6.40. The second kappa shape index (κ2) is 9.77. The highest BCUT2D eigenvalue weighted by atomic mass is 19.1. The van der Waals surface area contributed by atoms with E-state index in [-0.39, 0.29) is 18.5 Å². The number of anilines is 2. The van der Waals surface area contributed by atoms with E-state index in [0.29, 0.717) is 35.3 Å². The maximum atomic E-state index is 14.4. The molecule has 176 valence electrons. The monoisotopic (exact) mass is 461 g/mol. The van der Waals surface area contributed by atoms with E-state index in [4.69, 9.17) is 14.7 Å². The standard InChI is InChI=1S/C26H28FN5O2/c1-34-20-12-8-17(9-13-20)14-24-28-15-23-25(31-24)32(19-10-6-18(16-33)7-11-19)26(30-23)29-22-5-3-2-4-21(22)27/h2-5,8-9,12-13,15,18-19,33H,6-7,10-11,14,16H2,1H3,(H,29,30). The number of hydrogen-bond donors (Lipinski definition) is 2. The van der Waals surface area contributed by atoms with Crippen molar-refractivity contribution in [3.63, 3.8) is 0 Å². The fourth-order valence-electron chi connectivity index (χ4n) is 4.64. The summed E-state index contributed by atoms with van der Waals surface area (Å²) in [5, 5.41) is 12.7. The van der Waals surface area contributed by atoms with Crippen molar-refractivity contribution in [2.45, 2.75) is 38.1 Å². The van der Waals surface area contributed by atoms with E-state index in [0.717, 1.165) is 42.6 Å². The van der Waals surface area contributed by atoms with Crippen molar-refractivity contribution in [1.29, 1.82) is 0 Å². The fourth-order valence-corrected chi connectivity index (χ4v) is 4.64. The predicted molar refractivity (Wildman–Crippen MR) is 129 cm³/mol. The third kappa shape index (κ3) is 4.59. The van der Waals surface area contributed by atoms with E-state index in [1.54, 1.807) is 31.5 Å². The number of nitrogens with zero attached hydrogens (tertiary/aromatic N) is 4. The van der Waals surface area contributed by atoms with Crippen molar-refractivity contribution in [3.05, 3.63) is 71.9 Å². The van der Waals surface area contributed by atoms with Gasteiger partial charge in [0.05, 0.1) is 19.0 Å². The van der Waals surface area contributed by atoms with E-state index in [1.807, 2.05) is 24.3 Å². The van der Waals surface area contributed by atoms with Crippen LogP contribution in [0.5, 0.6) is 5.75 Å². The number of fused-ring (bicyclic) bond motifs is 1. The minimum Gasteiger partial charge on any atom is -0.497 e. The average Bonchev–Trinajstić information content (AvgIpc) is 3.23. The molecule has 8 heteroatoms. The van der Waals surface area contributed by atoms with Gasteiger partial charge in [-0.25, -0.2) is 19.3 Å².